The Morgan fingerprint density at radius 3 is 2.36 bits per heavy atom. The van der Waals surface area contributed by atoms with Gasteiger partial charge in [-0.1, -0.05) is 44.9 Å². The van der Waals surface area contributed by atoms with Crippen LogP contribution in [0.3, 0.4) is 0 Å². The van der Waals surface area contributed by atoms with Gasteiger partial charge in [-0.05, 0) is 0 Å². The molecule has 0 aromatic carbocycles. The Labute approximate surface area is 120 Å². The van der Waals surface area contributed by atoms with E-state index in [-0.39, 0.29) is 32.7 Å². The maximum atomic E-state index is 6.00. The molecule has 0 nitrogen and oxygen atoms in total. The van der Waals surface area contributed by atoms with E-state index in [9.17, 15) is 0 Å². The standard InChI is InChI=1S/C7H15B6.Y/c1-3-10-5-7(6-11-12-8)13(9)4-2;/h7H,3-6H2,1-2H3;. The van der Waals surface area contributed by atoms with Crippen LogP contribution in [0.5, 0.6) is 0 Å². The first kappa shape index (κ1) is 17.9. The van der Waals surface area contributed by atoms with Crippen LogP contribution in [0.15, 0.2) is 0 Å². The van der Waals surface area contributed by atoms with E-state index in [1.54, 1.807) is 7.06 Å². The van der Waals surface area contributed by atoms with E-state index >= 15 is 0 Å². The molecule has 14 heavy (non-hydrogen) atoms. The van der Waals surface area contributed by atoms with Crippen LogP contribution < -0.4 is 0 Å². The molecule has 0 heterocycles. The summed E-state index contributed by atoms with van der Waals surface area (Å²) in [4.78, 5) is 0. The van der Waals surface area contributed by atoms with Crippen molar-refractivity contribution in [1.29, 1.82) is 0 Å². The largest absolute Gasteiger partial charge is 0.108 e. The first-order valence-corrected chi connectivity index (χ1v) is 5.20. The molecule has 0 aromatic heterocycles. The van der Waals surface area contributed by atoms with Crippen molar-refractivity contribution < 1.29 is 32.7 Å². The van der Waals surface area contributed by atoms with Crippen molar-refractivity contribution in [3.8, 4) is 0 Å². The van der Waals surface area contributed by atoms with Gasteiger partial charge in [0.15, 0.2) is 0 Å². The summed E-state index contributed by atoms with van der Waals surface area (Å²) in [5.41, 5.74) is 0. The van der Waals surface area contributed by atoms with Crippen molar-refractivity contribution in [2.24, 2.45) is 0 Å². The van der Waals surface area contributed by atoms with E-state index < -0.39 is 0 Å². The van der Waals surface area contributed by atoms with E-state index in [0.29, 0.717) is 12.4 Å². The van der Waals surface area contributed by atoms with Crippen LogP contribution in [0.25, 0.3) is 0 Å². The third-order valence-electron chi connectivity index (χ3n) is 2.41. The van der Waals surface area contributed by atoms with Crippen LogP contribution in [-0.2, 0) is 32.7 Å². The van der Waals surface area contributed by atoms with Gasteiger partial charge in [0.05, 0.1) is 13.8 Å². The summed E-state index contributed by atoms with van der Waals surface area (Å²) < 4.78 is 0. The fourth-order valence-electron chi connectivity index (χ4n) is 1.41. The van der Waals surface area contributed by atoms with Crippen molar-refractivity contribution in [3.05, 3.63) is 0 Å². The summed E-state index contributed by atoms with van der Waals surface area (Å²) in [6.07, 6.45) is 4.28. The van der Waals surface area contributed by atoms with Gasteiger partial charge in [0.2, 0.25) is 0 Å². The van der Waals surface area contributed by atoms with Gasteiger partial charge in [-0.25, -0.2) is 0 Å². The molecule has 64 valence electrons. The molecule has 0 amide bonds. The van der Waals surface area contributed by atoms with Crippen molar-refractivity contribution in [1.82, 2.24) is 0 Å². The molecule has 0 saturated carbocycles. The molecule has 0 aliphatic carbocycles. The van der Waals surface area contributed by atoms with Gasteiger partial charge in [-0.2, -0.15) is 0 Å². The normalized spacial score (nSPS) is 11.0. The SMILES string of the molecule is [B][B][B]CC(C[B]CC)B([B])CC.[Y]. The van der Waals surface area contributed by atoms with E-state index in [1.165, 1.54) is 0 Å². The summed E-state index contributed by atoms with van der Waals surface area (Å²) >= 11 is 0. The fourth-order valence-corrected chi connectivity index (χ4v) is 1.41. The maximum Gasteiger partial charge on any atom is 0.108 e. The Kier molecular flexibility index (Phi) is 16.0. The van der Waals surface area contributed by atoms with Gasteiger partial charge in [0.1, 0.15) is 7.28 Å². The average Bonchev–Trinajstić information content (AvgIpc) is 2.17. The van der Waals surface area contributed by atoms with Crippen LogP contribution in [0.1, 0.15) is 13.8 Å². The fraction of sp³-hybridized carbons (Fsp3) is 1.00. The Bertz CT molecular complexity index is 106. The van der Waals surface area contributed by atoms with Gasteiger partial charge < -0.3 is 0 Å². The van der Waals surface area contributed by atoms with Crippen LogP contribution in [0.2, 0.25) is 31.1 Å². The zero-order valence-electron chi connectivity index (χ0n) is 9.45. The third-order valence-corrected chi connectivity index (χ3v) is 2.41. The first-order valence-electron chi connectivity index (χ1n) is 5.20. The smallest absolute Gasteiger partial charge is 0.0943 e. The molecular formula is C7H15B6Y. The zero-order chi connectivity index (χ0) is 10.1. The Morgan fingerprint density at radius 1 is 1.29 bits per heavy atom. The zero-order valence-corrected chi connectivity index (χ0v) is 12.3. The molecule has 0 fully saturated rings. The Morgan fingerprint density at radius 2 is 1.93 bits per heavy atom. The minimum Gasteiger partial charge on any atom is -0.0943 e. The van der Waals surface area contributed by atoms with Gasteiger partial charge >= 0.3 is 0 Å². The molecular weight excluding hydrogens is 238 g/mol. The molecule has 0 aliphatic heterocycles. The average molecular weight is 253 g/mol. The number of rotatable bonds is 8. The van der Waals surface area contributed by atoms with Crippen molar-refractivity contribution in [2.45, 2.75) is 44.9 Å². The molecule has 0 rings (SSSR count). The second-order valence-corrected chi connectivity index (χ2v) is 3.43. The van der Waals surface area contributed by atoms with Crippen molar-refractivity contribution >= 4 is 43.6 Å². The van der Waals surface area contributed by atoms with E-state index in [4.69, 9.17) is 15.5 Å². The van der Waals surface area contributed by atoms with Gasteiger partial charge in [-0.3, -0.25) is 0 Å². The van der Waals surface area contributed by atoms with Gasteiger partial charge in [0, 0.05) is 55.2 Å². The molecule has 0 bridgehead atoms. The van der Waals surface area contributed by atoms with Gasteiger partial charge in [0.25, 0.3) is 0 Å². The molecule has 8 radical (unpaired) electrons. The van der Waals surface area contributed by atoms with Crippen LogP contribution in [0.4, 0.5) is 0 Å². The van der Waals surface area contributed by atoms with Crippen LogP contribution in [-0.4, -0.2) is 43.6 Å². The van der Waals surface area contributed by atoms with E-state index in [1.807, 2.05) is 7.17 Å². The summed E-state index contributed by atoms with van der Waals surface area (Å²) in [5, 5.41) is 0. The van der Waals surface area contributed by atoms with Crippen LogP contribution in [0, 0.1) is 0 Å². The number of hydrogen-bond donors (Lipinski definition) is 0. The number of hydrogen-bond acceptors (Lipinski definition) is 0. The molecule has 1 unspecified atom stereocenters. The van der Waals surface area contributed by atoms with E-state index in [0.717, 1.165) is 25.3 Å². The van der Waals surface area contributed by atoms with Gasteiger partial charge in [-0.15, -0.1) is 0 Å². The second kappa shape index (κ2) is 12.6. The van der Waals surface area contributed by atoms with E-state index in [2.05, 4.69) is 21.1 Å². The minimum absolute atomic E-state index is 0. The maximum absolute atomic E-state index is 6.00. The molecule has 0 N–H and O–H groups in total. The monoisotopic (exact) mass is 254 g/mol. The summed E-state index contributed by atoms with van der Waals surface area (Å²) in [6.45, 7) is 4.60. The Hall–Kier alpha value is 1.49. The molecule has 0 aliphatic rings. The minimum atomic E-state index is 0. The molecule has 0 spiro atoms. The molecule has 7 heteroatoms. The Balaban J connectivity index is 0. The summed E-state index contributed by atoms with van der Waals surface area (Å²) in [5.74, 6) is 0.560. The second-order valence-electron chi connectivity index (χ2n) is 3.43. The predicted octanol–water partition coefficient (Wildman–Crippen LogP) is 0.920. The molecule has 0 aromatic rings. The predicted molar refractivity (Wildman–Crippen MR) is 68.9 cm³/mol. The first-order chi connectivity index (χ1) is 6.26. The summed E-state index contributed by atoms with van der Waals surface area (Å²) in [7, 11) is 17.2. The third kappa shape index (κ3) is 8.77. The quantitative estimate of drug-likeness (QED) is 0.564. The summed E-state index contributed by atoms with van der Waals surface area (Å²) in [6, 6.07) is 0. The van der Waals surface area contributed by atoms with Crippen molar-refractivity contribution in [2.75, 3.05) is 0 Å². The molecule has 1 atom stereocenters. The van der Waals surface area contributed by atoms with Crippen molar-refractivity contribution in [3.63, 3.8) is 0 Å². The molecule has 0 saturated heterocycles. The topological polar surface area (TPSA) is 0 Å². The van der Waals surface area contributed by atoms with Crippen LogP contribution >= 0.6 is 0 Å².